The lowest BCUT2D eigenvalue weighted by molar-refractivity contribution is -0.137. The summed E-state index contributed by atoms with van der Waals surface area (Å²) in [5.74, 6) is -0.983. The zero-order chi connectivity index (χ0) is 21.2. The molecule has 1 aromatic carbocycles. The molecule has 1 unspecified atom stereocenters. The minimum atomic E-state index is -4.66. The number of alkyl halides is 3. The predicted octanol–water partition coefficient (Wildman–Crippen LogP) is 4.65. The van der Waals surface area contributed by atoms with Crippen LogP contribution in [-0.2, 0) is 16.3 Å². The molecular weight excluding hydrogens is 412 g/mol. The van der Waals surface area contributed by atoms with Crippen molar-refractivity contribution in [2.75, 3.05) is 18.5 Å². The molecule has 0 bridgehead atoms. The highest BCUT2D eigenvalue weighted by Gasteiger charge is 2.33. The van der Waals surface area contributed by atoms with Crippen molar-refractivity contribution in [1.82, 2.24) is 15.5 Å². The van der Waals surface area contributed by atoms with Gasteiger partial charge in [0, 0.05) is 18.6 Å². The maximum absolute atomic E-state index is 13.7. The number of hydrogen-bond donors (Lipinski definition) is 2. The third-order valence-electron chi connectivity index (χ3n) is 4.56. The van der Waals surface area contributed by atoms with E-state index < -0.39 is 29.0 Å². The van der Waals surface area contributed by atoms with Crippen LogP contribution in [0.1, 0.15) is 48.9 Å². The van der Waals surface area contributed by atoms with Crippen LogP contribution in [-0.4, -0.2) is 29.4 Å². The molecule has 1 saturated heterocycles. The monoisotopic (exact) mass is 432 g/mol. The fraction of sp³-hybridized carbons (Fsp3) is 0.500. The second-order valence-electron chi connectivity index (χ2n) is 7.37. The van der Waals surface area contributed by atoms with Crippen LogP contribution in [0.2, 0.25) is 0 Å². The van der Waals surface area contributed by atoms with E-state index in [0.717, 1.165) is 25.0 Å². The second kappa shape index (κ2) is 8.23. The van der Waals surface area contributed by atoms with Crippen LogP contribution in [0.15, 0.2) is 18.2 Å². The van der Waals surface area contributed by atoms with Crippen LogP contribution in [0.25, 0.3) is 0 Å². The number of carbonyl (C=O) groups excluding carboxylic acids is 1. The number of nitrogens with zero attached hydrogens (tertiary/aromatic N) is 2. The molecule has 2 heterocycles. The number of benzene rings is 1. The van der Waals surface area contributed by atoms with Gasteiger partial charge in [0.1, 0.15) is 16.9 Å². The van der Waals surface area contributed by atoms with Crippen LogP contribution in [0.5, 0.6) is 0 Å². The smallest absolute Gasteiger partial charge is 0.371 e. The van der Waals surface area contributed by atoms with E-state index in [9.17, 15) is 22.4 Å². The van der Waals surface area contributed by atoms with E-state index in [1.165, 1.54) is 11.3 Å². The third kappa shape index (κ3) is 5.41. The average Bonchev–Trinajstić information content (AvgIpc) is 3.30. The van der Waals surface area contributed by atoms with Crippen molar-refractivity contribution in [1.29, 1.82) is 0 Å². The molecule has 3 rings (SSSR count). The zero-order valence-corrected chi connectivity index (χ0v) is 16.6. The number of urea groups is 1. The Morgan fingerprint density at radius 3 is 2.62 bits per heavy atom. The molecule has 11 heteroatoms. The van der Waals surface area contributed by atoms with Crippen LogP contribution < -0.4 is 10.6 Å². The summed E-state index contributed by atoms with van der Waals surface area (Å²) in [7, 11) is 0. The van der Waals surface area contributed by atoms with Crippen molar-refractivity contribution in [2.45, 2.75) is 44.4 Å². The van der Waals surface area contributed by atoms with Gasteiger partial charge in [0.25, 0.3) is 0 Å². The number of ether oxygens (including phenoxy) is 1. The van der Waals surface area contributed by atoms with Crippen molar-refractivity contribution in [3.8, 4) is 0 Å². The molecule has 0 spiro atoms. The maximum Gasteiger partial charge on any atom is 0.416 e. The van der Waals surface area contributed by atoms with Crippen molar-refractivity contribution < 1.29 is 27.1 Å². The lowest BCUT2D eigenvalue weighted by Gasteiger charge is -2.26. The van der Waals surface area contributed by atoms with Gasteiger partial charge in [-0.1, -0.05) is 25.2 Å². The SMILES string of the molecule is CC(C)(CNC(=O)Nc1nnc(C2CCCO2)s1)c1cc(F)cc(C(F)(F)F)c1. The highest BCUT2D eigenvalue weighted by molar-refractivity contribution is 7.15. The van der Waals surface area contributed by atoms with Gasteiger partial charge in [0.15, 0.2) is 0 Å². The van der Waals surface area contributed by atoms with Gasteiger partial charge in [-0.2, -0.15) is 13.2 Å². The highest BCUT2D eigenvalue weighted by atomic mass is 32.1. The van der Waals surface area contributed by atoms with E-state index in [1.807, 2.05) is 0 Å². The number of nitrogens with one attached hydrogen (secondary N) is 2. The van der Waals surface area contributed by atoms with Crippen LogP contribution in [0.3, 0.4) is 0 Å². The maximum atomic E-state index is 13.7. The van der Waals surface area contributed by atoms with Gasteiger partial charge < -0.3 is 10.1 Å². The number of anilines is 1. The van der Waals surface area contributed by atoms with Gasteiger partial charge in [-0.25, -0.2) is 9.18 Å². The Hall–Kier alpha value is -2.27. The summed E-state index contributed by atoms with van der Waals surface area (Å²) >= 11 is 1.20. The number of carbonyl (C=O) groups is 1. The lowest BCUT2D eigenvalue weighted by Crippen LogP contribution is -2.39. The van der Waals surface area contributed by atoms with Crippen LogP contribution in [0.4, 0.5) is 27.5 Å². The fourth-order valence-electron chi connectivity index (χ4n) is 2.88. The molecule has 6 nitrogen and oxygen atoms in total. The largest absolute Gasteiger partial charge is 0.416 e. The van der Waals surface area contributed by atoms with Gasteiger partial charge in [-0.15, -0.1) is 10.2 Å². The van der Waals surface area contributed by atoms with E-state index in [0.29, 0.717) is 17.7 Å². The standard InChI is InChI=1S/C18H20F4N4O2S/c1-17(2,10-6-11(18(20,21)22)8-12(19)7-10)9-23-15(27)24-16-26-25-14(29-16)13-4-3-5-28-13/h6-8,13H,3-5,9H2,1-2H3,(H2,23,24,26,27). The third-order valence-corrected chi connectivity index (χ3v) is 5.49. The van der Waals surface area contributed by atoms with Crippen molar-refractivity contribution in [2.24, 2.45) is 0 Å². The Morgan fingerprint density at radius 2 is 1.97 bits per heavy atom. The van der Waals surface area contributed by atoms with Crippen LogP contribution in [0, 0.1) is 5.82 Å². The number of aromatic nitrogens is 2. The molecule has 2 N–H and O–H groups in total. The zero-order valence-electron chi connectivity index (χ0n) is 15.8. The first-order chi connectivity index (χ1) is 13.5. The van der Waals surface area contributed by atoms with Gasteiger partial charge >= 0.3 is 12.2 Å². The number of rotatable bonds is 5. The first-order valence-electron chi connectivity index (χ1n) is 8.93. The molecule has 1 atom stereocenters. The van der Waals surface area contributed by atoms with Crippen molar-refractivity contribution >= 4 is 22.5 Å². The molecule has 0 saturated carbocycles. The Labute approximate surface area is 168 Å². The molecule has 2 aromatic rings. The molecule has 0 radical (unpaired) electrons. The van der Waals surface area contributed by atoms with Gasteiger partial charge in [0.05, 0.1) is 5.56 Å². The molecule has 158 valence electrons. The first-order valence-corrected chi connectivity index (χ1v) is 9.74. The molecule has 1 aromatic heterocycles. The Bertz CT molecular complexity index is 879. The number of amides is 2. The Balaban J connectivity index is 1.61. The summed E-state index contributed by atoms with van der Waals surface area (Å²) in [6.07, 6.45) is -2.97. The first kappa shape index (κ1) is 21.4. The molecule has 1 aliphatic rings. The number of hydrogen-bond acceptors (Lipinski definition) is 5. The van der Waals surface area contributed by atoms with Gasteiger partial charge in [-0.3, -0.25) is 5.32 Å². The van der Waals surface area contributed by atoms with E-state index in [4.69, 9.17) is 4.74 Å². The average molecular weight is 432 g/mol. The van der Waals surface area contributed by atoms with Gasteiger partial charge in [0.2, 0.25) is 5.13 Å². The van der Waals surface area contributed by atoms with E-state index in [-0.39, 0.29) is 23.3 Å². The molecule has 2 amide bonds. The van der Waals surface area contributed by atoms with Crippen LogP contribution >= 0.6 is 11.3 Å². The minimum absolute atomic E-state index is 0.0169. The molecule has 1 aliphatic heterocycles. The fourth-order valence-corrected chi connectivity index (χ4v) is 3.70. The minimum Gasteiger partial charge on any atom is -0.371 e. The van der Waals surface area contributed by atoms with E-state index in [1.54, 1.807) is 13.8 Å². The lowest BCUT2D eigenvalue weighted by atomic mass is 9.83. The summed E-state index contributed by atoms with van der Waals surface area (Å²) in [5.41, 5.74) is -1.88. The Morgan fingerprint density at radius 1 is 1.24 bits per heavy atom. The predicted molar refractivity (Wildman–Crippen MR) is 99.3 cm³/mol. The molecule has 29 heavy (non-hydrogen) atoms. The summed E-state index contributed by atoms with van der Waals surface area (Å²) < 4.78 is 58.0. The normalized spacial score (nSPS) is 17.4. The summed E-state index contributed by atoms with van der Waals surface area (Å²) in [5, 5.41) is 14.0. The van der Waals surface area contributed by atoms with Crippen molar-refractivity contribution in [3.63, 3.8) is 0 Å². The highest BCUT2D eigenvalue weighted by Crippen LogP contribution is 2.34. The molecule has 1 fully saturated rings. The summed E-state index contributed by atoms with van der Waals surface area (Å²) in [6, 6.07) is 1.79. The topological polar surface area (TPSA) is 76.1 Å². The second-order valence-corrected chi connectivity index (χ2v) is 8.37. The van der Waals surface area contributed by atoms with Crippen molar-refractivity contribution in [3.05, 3.63) is 40.2 Å². The molecule has 0 aliphatic carbocycles. The van der Waals surface area contributed by atoms with E-state index >= 15 is 0 Å². The molecular formula is C18H20F4N4O2S. The number of halogens is 4. The van der Waals surface area contributed by atoms with Gasteiger partial charge in [-0.05, 0) is 36.6 Å². The Kier molecular flexibility index (Phi) is 6.08. The summed E-state index contributed by atoms with van der Waals surface area (Å²) in [4.78, 5) is 12.1. The quantitative estimate of drug-likeness (QED) is 0.675. The summed E-state index contributed by atoms with van der Waals surface area (Å²) in [6.45, 7) is 3.88. The van der Waals surface area contributed by atoms with E-state index in [2.05, 4.69) is 20.8 Å².